The van der Waals surface area contributed by atoms with Crippen LogP contribution in [0.5, 0.6) is 11.5 Å². The molecule has 0 bridgehead atoms. The molecule has 0 aliphatic heterocycles. The molecule has 3 aromatic rings. The van der Waals surface area contributed by atoms with Gasteiger partial charge in [0.2, 0.25) is 5.89 Å². The zero-order valence-electron chi connectivity index (χ0n) is 14.1. The molecule has 1 atom stereocenters. The Hall–Kier alpha value is -3.07. The number of nitrogens with one attached hydrogen (secondary N) is 1. The molecule has 0 spiro atoms. The Morgan fingerprint density at radius 1 is 1.27 bits per heavy atom. The Labute approximate surface area is 153 Å². The zero-order valence-corrected chi connectivity index (χ0v) is 14.9. The molecule has 5 N–H and O–H groups in total. The fourth-order valence-corrected chi connectivity index (χ4v) is 3.10. The molecule has 9 heteroatoms. The van der Waals surface area contributed by atoms with Gasteiger partial charge in [-0.2, -0.15) is 0 Å². The van der Waals surface area contributed by atoms with Crippen LogP contribution in [0.15, 0.2) is 34.3 Å². The molecule has 2 heterocycles. The average Bonchev–Trinajstić information content (AvgIpc) is 3.24. The van der Waals surface area contributed by atoms with Crippen LogP contribution in [0.2, 0.25) is 0 Å². The van der Waals surface area contributed by atoms with Crippen LogP contribution >= 0.6 is 11.3 Å². The van der Waals surface area contributed by atoms with Gasteiger partial charge in [0.05, 0.1) is 5.69 Å². The Kier molecular flexibility index (Phi) is 4.81. The largest absolute Gasteiger partial charge is 0.504 e. The summed E-state index contributed by atoms with van der Waals surface area (Å²) in [7, 11) is 0. The lowest BCUT2D eigenvalue weighted by molar-refractivity contribution is 0.0995. The number of primary amides is 1. The molecule has 8 nitrogen and oxygen atoms in total. The average molecular weight is 374 g/mol. The lowest BCUT2D eigenvalue weighted by atomic mass is 10.1. The third-order valence-electron chi connectivity index (χ3n) is 3.76. The van der Waals surface area contributed by atoms with Crippen molar-refractivity contribution in [2.45, 2.75) is 19.9 Å². The maximum Gasteiger partial charge on any atom is 0.270 e. The molecule has 136 valence electrons. The number of aromatic nitrogens is 2. The van der Waals surface area contributed by atoms with E-state index < -0.39 is 5.91 Å². The van der Waals surface area contributed by atoms with Crippen LogP contribution in [0, 0.1) is 5.92 Å². The van der Waals surface area contributed by atoms with Gasteiger partial charge in [-0.05, 0) is 24.1 Å². The second-order valence-corrected chi connectivity index (χ2v) is 6.90. The van der Waals surface area contributed by atoms with Crippen LogP contribution in [-0.4, -0.2) is 26.1 Å². The van der Waals surface area contributed by atoms with E-state index in [9.17, 15) is 15.0 Å². The van der Waals surface area contributed by atoms with Gasteiger partial charge in [0.1, 0.15) is 12.3 Å². The van der Waals surface area contributed by atoms with Crippen LogP contribution in [0.4, 0.5) is 5.13 Å². The van der Waals surface area contributed by atoms with Crippen molar-refractivity contribution in [1.82, 2.24) is 9.97 Å². The van der Waals surface area contributed by atoms with Crippen LogP contribution < -0.4 is 11.1 Å². The van der Waals surface area contributed by atoms with Crippen molar-refractivity contribution in [3.8, 4) is 22.8 Å². The number of carbonyl (C=O) groups excluding carboxylic acids is 1. The predicted octanol–water partition coefficient (Wildman–Crippen LogP) is 3.12. The minimum Gasteiger partial charge on any atom is -0.504 e. The van der Waals surface area contributed by atoms with Gasteiger partial charge in [-0.15, -0.1) is 11.3 Å². The van der Waals surface area contributed by atoms with Crippen LogP contribution in [-0.2, 0) is 0 Å². The van der Waals surface area contributed by atoms with Crippen molar-refractivity contribution in [3.63, 3.8) is 0 Å². The summed E-state index contributed by atoms with van der Waals surface area (Å²) in [6.07, 6.45) is 1.24. The van der Waals surface area contributed by atoms with Crippen molar-refractivity contribution in [2.75, 3.05) is 5.32 Å². The molecule has 0 aliphatic rings. The minimum atomic E-state index is -0.647. The number of nitrogens with zero attached hydrogens (tertiary/aromatic N) is 2. The van der Waals surface area contributed by atoms with E-state index in [1.54, 1.807) is 6.07 Å². The van der Waals surface area contributed by atoms with Gasteiger partial charge in [0.15, 0.2) is 22.3 Å². The van der Waals surface area contributed by atoms with Gasteiger partial charge >= 0.3 is 0 Å². The third kappa shape index (κ3) is 3.62. The predicted molar refractivity (Wildman–Crippen MR) is 97.1 cm³/mol. The number of thiazole rings is 1. The maximum atomic E-state index is 11.2. The lowest BCUT2D eigenvalue weighted by Crippen LogP contribution is -2.18. The standard InChI is InChI=1S/C17H18N4O4S/c1-8(2)14(16-19-10(6-25-16)15(18)24)21-17-20-11(7-26-17)9-3-4-12(22)13(23)5-9/h3-8,14,22-23H,1-2H3,(H2,18,24)(H,20,21)/t14-/m0/s1. The number of oxazole rings is 1. The molecule has 0 aliphatic carbocycles. The molecule has 1 amide bonds. The fourth-order valence-electron chi connectivity index (χ4n) is 2.35. The number of anilines is 1. The lowest BCUT2D eigenvalue weighted by Gasteiger charge is -2.18. The monoisotopic (exact) mass is 374 g/mol. The number of rotatable bonds is 6. The van der Waals surface area contributed by atoms with Crippen molar-refractivity contribution < 1.29 is 19.4 Å². The second-order valence-electron chi connectivity index (χ2n) is 6.04. The second kappa shape index (κ2) is 7.04. The van der Waals surface area contributed by atoms with Crippen molar-refractivity contribution in [2.24, 2.45) is 11.7 Å². The normalized spacial score (nSPS) is 12.3. The molecular formula is C17H18N4O4S. The van der Waals surface area contributed by atoms with E-state index in [-0.39, 0.29) is 29.2 Å². The van der Waals surface area contributed by atoms with Crippen molar-refractivity contribution in [3.05, 3.63) is 41.4 Å². The Bertz CT molecular complexity index is 934. The number of nitrogens with two attached hydrogens (primary N) is 1. The summed E-state index contributed by atoms with van der Waals surface area (Å²) < 4.78 is 5.38. The molecule has 0 saturated carbocycles. The summed E-state index contributed by atoms with van der Waals surface area (Å²) >= 11 is 1.38. The summed E-state index contributed by atoms with van der Waals surface area (Å²) in [4.78, 5) is 19.8. The Morgan fingerprint density at radius 3 is 2.65 bits per heavy atom. The van der Waals surface area contributed by atoms with Crippen molar-refractivity contribution in [1.29, 1.82) is 0 Å². The number of phenols is 2. The van der Waals surface area contributed by atoms with E-state index in [1.807, 2.05) is 19.2 Å². The third-order valence-corrected chi connectivity index (χ3v) is 4.53. The molecule has 2 aromatic heterocycles. The van der Waals surface area contributed by atoms with Gasteiger partial charge in [0, 0.05) is 10.9 Å². The highest BCUT2D eigenvalue weighted by molar-refractivity contribution is 7.14. The molecule has 0 fully saturated rings. The molecule has 0 saturated heterocycles. The van der Waals surface area contributed by atoms with Crippen LogP contribution in [0.25, 0.3) is 11.3 Å². The molecule has 0 unspecified atom stereocenters. The number of carbonyl (C=O) groups is 1. The van der Waals surface area contributed by atoms with Crippen LogP contribution in [0.1, 0.15) is 36.3 Å². The highest BCUT2D eigenvalue weighted by Crippen LogP contribution is 2.34. The van der Waals surface area contributed by atoms with E-state index in [2.05, 4.69) is 15.3 Å². The molecule has 0 radical (unpaired) electrons. The summed E-state index contributed by atoms with van der Waals surface area (Å²) in [6.45, 7) is 3.97. The highest BCUT2D eigenvalue weighted by Gasteiger charge is 2.23. The first-order valence-electron chi connectivity index (χ1n) is 7.84. The molecule has 1 aromatic carbocycles. The minimum absolute atomic E-state index is 0.0758. The van der Waals surface area contributed by atoms with Gasteiger partial charge in [0.25, 0.3) is 5.91 Å². The molecular weight excluding hydrogens is 356 g/mol. The highest BCUT2D eigenvalue weighted by atomic mass is 32.1. The topological polar surface area (TPSA) is 134 Å². The van der Waals surface area contributed by atoms with Crippen molar-refractivity contribution >= 4 is 22.4 Å². The summed E-state index contributed by atoms with van der Waals surface area (Å²) in [5, 5.41) is 24.8. The first-order valence-corrected chi connectivity index (χ1v) is 8.72. The van der Waals surface area contributed by atoms with E-state index in [1.165, 1.54) is 29.7 Å². The van der Waals surface area contributed by atoms with E-state index >= 15 is 0 Å². The fraction of sp³-hybridized carbons (Fsp3) is 0.235. The first kappa shape index (κ1) is 17.7. The smallest absolute Gasteiger partial charge is 0.270 e. The number of benzene rings is 1. The number of aromatic hydroxyl groups is 2. The van der Waals surface area contributed by atoms with Gasteiger partial charge in [-0.25, -0.2) is 9.97 Å². The number of amides is 1. The van der Waals surface area contributed by atoms with Gasteiger partial charge in [-0.3, -0.25) is 4.79 Å². The van der Waals surface area contributed by atoms with E-state index in [0.29, 0.717) is 22.3 Å². The summed E-state index contributed by atoms with van der Waals surface area (Å²) in [5.41, 5.74) is 6.62. The summed E-state index contributed by atoms with van der Waals surface area (Å²) in [5.74, 6) is -0.571. The quantitative estimate of drug-likeness (QED) is 0.487. The van der Waals surface area contributed by atoms with E-state index in [0.717, 1.165) is 0 Å². The molecule has 3 rings (SSSR count). The molecule has 26 heavy (non-hydrogen) atoms. The number of phenolic OH excluding ortho intramolecular Hbond substituents is 2. The Morgan fingerprint density at radius 2 is 2.04 bits per heavy atom. The van der Waals surface area contributed by atoms with Crippen LogP contribution in [0.3, 0.4) is 0 Å². The van der Waals surface area contributed by atoms with Gasteiger partial charge < -0.3 is 25.7 Å². The van der Waals surface area contributed by atoms with Gasteiger partial charge in [-0.1, -0.05) is 13.8 Å². The zero-order chi connectivity index (χ0) is 18.8. The maximum absolute atomic E-state index is 11.2. The van der Waals surface area contributed by atoms with E-state index in [4.69, 9.17) is 10.2 Å². The number of hydrogen-bond donors (Lipinski definition) is 4. The Balaban J connectivity index is 1.83. The SMILES string of the molecule is CC(C)[C@H](Nc1nc(-c2ccc(O)c(O)c2)cs1)c1nc(C(N)=O)co1. The first-order chi connectivity index (χ1) is 12.3. The summed E-state index contributed by atoms with van der Waals surface area (Å²) in [6, 6.07) is 4.23. The number of hydrogen-bond acceptors (Lipinski definition) is 8.